The fraction of sp³-hybridized carbons (Fsp3) is 1.00. The van der Waals surface area contributed by atoms with Crippen molar-refractivity contribution in [3.63, 3.8) is 0 Å². The number of hydrogen-bond donors (Lipinski definition) is 2. The quantitative estimate of drug-likeness (QED) is 0.509. The smallest absolute Gasteiger partial charge is 0.0741 e. The molecular formula is C16H35NO. The number of rotatable bonds is 12. The molecule has 0 fully saturated rings. The number of hydrogen-bond acceptors (Lipinski definition) is 2. The molecule has 1 unspecified atom stereocenters. The first-order chi connectivity index (χ1) is 8.48. The average Bonchev–Trinajstić information content (AvgIpc) is 2.30. The van der Waals surface area contributed by atoms with Gasteiger partial charge in [-0.3, -0.25) is 0 Å². The van der Waals surface area contributed by atoms with Gasteiger partial charge in [0.2, 0.25) is 0 Å². The largest absolute Gasteiger partial charge is 0.389 e. The molecule has 1 atom stereocenters. The maximum absolute atomic E-state index is 9.70. The monoisotopic (exact) mass is 257 g/mol. The molecule has 0 aromatic carbocycles. The van der Waals surface area contributed by atoms with Crippen LogP contribution in [0.25, 0.3) is 0 Å². The van der Waals surface area contributed by atoms with E-state index in [0.717, 1.165) is 12.8 Å². The molecule has 0 saturated heterocycles. The predicted octanol–water partition coefficient (Wildman–Crippen LogP) is 4.40. The fourth-order valence-electron chi connectivity index (χ4n) is 2.20. The van der Waals surface area contributed by atoms with Gasteiger partial charge >= 0.3 is 0 Å². The standard InChI is InChI=1S/C16H35NO/c1-4-5-6-7-8-9-10-11-12-13-14-15(17)16(2,3)18/h15,18H,4-14,17H2,1-3H3. The van der Waals surface area contributed by atoms with Crippen LogP contribution in [0.1, 0.15) is 91.4 Å². The zero-order valence-electron chi connectivity index (χ0n) is 12.9. The molecule has 0 aliphatic carbocycles. The van der Waals surface area contributed by atoms with Gasteiger partial charge < -0.3 is 10.8 Å². The second-order valence-electron chi connectivity index (χ2n) is 6.23. The molecule has 0 aromatic heterocycles. The predicted molar refractivity (Wildman–Crippen MR) is 80.7 cm³/mol. The Morgan fingerprint density at radius 1 is 0.833 bits per heavy atom. The molecule has 2 nitrogen and oxygen atoms in total. The van der Waals surface area contributed by atoms with Gasteiger partial charge in [-0.15, -0.1) is 0 Å². The molecule has 3 N–H and O–H groups in total. The number of unbranched alkanes of at least 4 members (excludes halogenated alkanes) is 9. The Balaban J connectivity index is 3.17. The van der Waals surface area contributed by atoms with Gasteiger partial charge in [-0.1, -0.05) is 71.1 Å². The van der Waals surface area contributed by atoms with Crippen molar-refractivity contribution in [3.05, 3.63) is 0 Å². The zero-order chi connectivity index (χ0) is 13.9. The lowest BCUT2D eigenvalue weighted by molar-refractivity contribution is 0.0482. The van der Waals surface area contributed by atoms with Crippen LogP contribution < -0.4 is 5.73 Å². The van der Waals surface area contributed by atoms with Crippen LogP contribution in [0.3, 0.4) is 0 Å². The van der Waals surface area contributed by atoms with E-state index < -0.39 is 5.60 Å². The molecule has 18 heavy (non-hydrogen) atoms. The second kappa shape index (κ2) is 10.8. The first-order valence-electron chi connectivity index (χ1n) is 7.96. The van der Waals surface area contributed by atoms with E-state index in [1.807, 2.05) is 0 Å². The summed E-state index contributed by atoms with van der Waals surface area (Å²) in [4.78, 5) is 0. The molecule has 0 aliphatic heterocycles. The van der Waals surface area contributed by atoms with Crippen LogP contribution in [0, 0.1) is 0 Å². The summed E-state index contributed by atoms with van der Waals surface area (Å²) in [5, 5.41) is 9.70. The lowest BCUT2D eigenvalue weighted by atomic mass is 9.94. The molecule has 0 saturated carbocycles. The summed E-state index contributed by atoms with van der Waals surface area (Å²) >= 11 is 0. The van der Waals surface area contributed by atoms with E-state index in [4.69, 9.17) is 5.73 Å². The van der Waals surface area contributed by atoms with Crippen LogP contribution in [0.4, 0.5) is 0 Å². The van der Waals surface area contributed by atoms with E-state index in [1.165, 1.54) is 57.8 Å². The first-order valence-corrected chi connectivity index (χ1v) is 7.96. The van der Waals surface area contributed by atoms with E-state index in [2.05, 4.69) is 6.92 Å². The molecule has 0 bridgehead atoms. The van der Waals surface area contributed by atoms with Crippen LogP contribution in [0.5, 0.6) is 0 Å². The van der Waals surface area contributed by atoms with Gasteiger partial charge in [-0.2, -0.15) is 0 Å². The van der Waals surface area contributed by atoms with Gasteiger partial charge in [0.25, 0.3) is 0 Å². The molecule has 110 valence electrons. The van der Waals surface area contributed by atoms with Crippen molar-refractivity contribution in [3.8, 4) is 0 Å². The maximum Gasteiger partial charge on any atom is 0.0741 e. The Bertz CT molecular complexity index is 174. The highest BCUT2D eigenvalue weighted by Gasteiger charge is 2.21. The van der Waals surface area contributed by atoms with E-state index in [-0.39, 0.29) is 6.04 Å². The zero-order valence-corrected chi connectivity index (χ0v) is 12.9. The Hall–Kier alpha value is -0.0800. The number of nitrogens with two attached hydrogens (primary N) is 1. The van der Waals surface area contributed by atoms with Gasteiger partial charge in [0, 0.05) is 6.04 Å². The maximum atomic E-state index is 9.70. The van der Waals surface area contributed by atoms with Crippen molar-refractivity contribution in [1.29, 1.82) is 0 Å². The topological polar surface area (TPSA) is 46.2 Å². The van der Waals surface area contributed by atoms with Crippen molar-refractivity contribution in [2.45, 2.75) is 103 Å². The minimum Gasteiger partial charge on any atom is -0.389 e. The van der Waals surface area contributed by atoms with Crippen molar-refractivity contribution in [2.24, 2.45) is 5.73 Å². The number of aliphatic hydroxyl groups is 1. The second-order valence-corrected chi connectivity index (χ2v) is 6.23. The Morgan fingerprint density at radius 3 is 1.61 bits per heavy atom. The van der Waals surface area contributed by atoms with Crippen LogP contribution in [0.15, 0.2) is 0 Å². The normalized spacial score (nSPS) is 13.8. The van der Waals surface area contributed by atoms with E-state index in [1.54, 1.807) is 13.8 Å². The highest BCUT2D eigenvalue weighted by molar-refractivity contribution is 4.79. The van der Waals surface area contributed by atoms with Crippen LogP contribution in [-0.2, 0) is 0 Å². The Kier molecular flexibility index (Phi) is 10.8. The lowest BCUT2D eigenvalue weighted by Gasteiger charge is -2.25. The summed E-state index contributed by atoms with van der Waals surface area (Å²) in [6, 6.07) is -0.0773. The third-order valence-electron chi connectivity index (χ3n) is 3.78. The molecule has 0 amide bonds. The SMILES string of the molecule is CCCCCCCCCCCCC(N)C(C)(C)O. The average molecular weight is 257 g/mol. The van der Waals surface area contributed by atoms with E-state index in [9.17, 15) is 5.11 Å². The van der Waals surface area contributed by atoms with Crippen molar-refractivity contribution in [2.75, 3.05) is 0 Å². The molecular weight excluding hydrogens is 222 g/mol. The van der Waals surface area contributed by atoms with Gasteiger partial charge in [0.05, 0.1) is 5.60 Å². The minimum atomic E-state index is -0.723. The summed E-state index contributed by atoms with van der Waals surface area (Å²) in [5.41, 5.74) is 5.19. The lowest BCUT2D eigenvalue weighted by Crippen LogP contribution is -2.42. The summed E-state index contributed by atoms with van der Waals surface area (Å²) in [6.07, 6.45) is 14.4. The van der Waals surface area contributed by atoms with E-state index in [0.29, 0.717) is 0 Å². The molecule has 0 aliphatic rings. The van der Waals surface area contributed by atoms with Gasteiger partial charge in [-0.05, 0) is 20.3 Å². The third kappa shape index (κ3) is 11.0. The third-order valence-corrected chi connectivity index (χ3v) is 3.78. The summed E-state index contributed by atoms with van der Waals surface area (Å²) in [6.45, 7) is 5.86. The molecule has 0 heterocycles. The van der Waals surface area contributed by atoms with E-state index >= 15 is 0 Å². The van der Waals surface area contributed by atoms with Gasteiger partial charge in [-0.25, -0.2) is 0 Å². The van der Waals surface area contributed by atoms with Crippen molar-refractivity contribution >= 4 is 0 Å². The van der Waals surface area contributed by atoms with Gasteiger partial charge in [0.1, 0.15) is 0 Å². The molecule has 2 heteroatoms. The van der Waals surface area contributed by atoms with Crippen molar-refractivity contribution < 1.29 is 5.11 Å². The first kappa shape index (κ1) is 17.9. The highest BCUT2D eigenvalue weighted by atomic mass is 16.3. The Labute approximate surface area is 114 Å². The minimum absolute atomic E-state index is 0.0773. The van der Waals surface area contributed by atoms with Crippen LogP contribution >= 0.6 is 0 Å². The van der Waals surface area contributed by atoms with Crippen LogP contribution in [-0.4, -0.2) is 16.7 Å². The molecule has 0 spiro atoms. The van der Waals surface area contributed by atoms with Crippen LogP contribution in [0.2, 0.25) is 0 Å². The Morgan fingerprint density at radius 2 is 1.22 bits per heavy atom. The fourth-order valence-corrected chi connectivity index (χ4v) is 2.20. The molecule has 0 radical (unpaired) electrons. The molecule has 0 rings (SSSR count). The van der Waals surface area contributed by atoms with Gasteiger partial charge in [0.15, 0.2) is 0 Å². The summed E-state index contributed by atoms with van der Waals surface area (Å²) in [5.74, 6) is 0. The molecule has 0 aromatic rings. The highest BCUT2D eigenvalue weighted by Crippen LogP contribution is 2.15. The summed E-state index contributed by atoms with van der Waals surface area (Å²) in [7, 11) is 0. The summed E-state index contributed by atoms with van der Waals surface area (Å²) < 4.78 is 0. The van der Waals surface area contributed by atoms with Crippen molar-refractivity contribution in [1.82, 2.24) is 0 Å².